The van der Waals surface area contributed by atoms with Crippen molar-refractivity contribution in [1.29, 1.82) is 0 Å². The van der Waals surface area contributed by atoms with E-state index in [1.807, 2.05) is 72.8 Å². The molecule has 4 aromatic carbocycles. The van der Waals surface area contributed by atoms with Gasteiger partial charge < -0.3 is 14.4 Å². The third-order valence-corrected chi connectivity index (χ3v) is 6.82. The fourth-order valence-corrected chi connectivity index (χ4v) is 4.73. The van der Waals surface area contributed by atoms with E-state index >= 15 is 0 Å². The Bertz CT molecular complexity index is 1680. The van der Waals surface area contributed by atoms with Gasteiger partial charge in [-0.2, -0.15) is 0 Å². The molecule has 1 unspecified atom stereocenters. The lowest BCUT2D eigenvalue weighted by atomic mass is 9.98. The number of amides is 1. The lowest BCUT2D eigenvalue weighted by molar-refractivity contribution is -0.136. The average Bonchev–Trinajstić information content (AvgIpc) is 3.28. The molecule has 7 nitrogen and oxygen atoms in total. The fraction of sp³-hybridized carbons (Fsp3) is 0.129. The van der Waals surface area contributed by atoms with Crippen LogP contribution in [0.5, 0.6) is 0 Å². The van der Waals surface area contributed by atoms with Gasteiger partial charge in [-0.05, 0) is 59.5 Å². The SMILES string of the molecule is Cc1onc(-c2ccc3cc(-c4ccc(CC(=O)O)cc4)ccc3c2)c1NC(=O)OC(C)c1ccccc1Cl. The number of fused-ring (bicyclic) bond motifs is 1. The number of carbonyl (C=O) groups is 2. The number of aryl methyl sites for hydroxylation is 1. The van der Waals surface area contributed by atoms with Crippen molar-refractivity contribution in [3.8, 4) is 22.4 Å². The fourth-order valence-electron chi connectivity index (χ4n) is 4.44. The first-order chi connectivity index (χ1) is 18.8. The summed E-state index contributed by atoms with van der Waals surface area (Å²) < 4.78 is 11.0. The van der Waals surface area contributed by atoms with Gasteiger partial charge in [-0.3, -0.25) is 10.1 Å². The normalized spacial score (nSPS) is 11.8. The van der Waals surface area contributed by atoms with Gasteiger partial charge in [0, 0.05) is 16.1 Å². The van der Waals surface area contributed by atoms with Gasteiger partial charge in [0.05, 0.1) is 6.42 Å². The number of nitrogens with one attached hydrogen (secondary N) is 1. The highest BCUT2D eigenvalue weighted by Gasteiger charge is 2.20. The first-order valence-electron chi connectivity index (χ1n) is 12.3. The number of carboxylic acids is 1. The lowest BCUT2D eigenvalue weighted by Crippen LogP contribution is -2.17. The summed E-state index contributed by atoms with van der Waals surface area (Å²) in [6.07, 6.45) is -1.20. The summed E-state index contributed by atoms with van der Waals surface area (Å²) in [5.74, 6) is -0.400. The molecule has 0 aliphatic heterocycles. The molecule has 2 N–H and O–H groups in total. The van der Waals surface area contributed by atoms with E-state index in [0.29, 0.717) is 27.7 Å². The summed E-state index contributed by atoms with van der Waals surface area (Å²) in [6.45, 7) is 3.48. The molecule has 0 bridgehead atoms. The lowest BCUT2D eigenvalue weighted by Gasteiger charge is -2.15. The standard InChI is InChI=1S/C31H25ClN2O5/c1-18(26-5-3-4-6-27(26)32)38-31(37)33-29-19(2)39-34-30(29)25-14-13-23-16-22(11-12-24(23)17-25)21-9-7-20(8-10-21)15-28(35)36/h3-14,16-18H,15H2,1-2H3,(H,33,37)(H,35,36). The van der Waals surface area contributed by atoms with Gasteiger partial charge in [0.1, 0.15) is 17.5 Å². The van der Waals surface area contributed by atoms with Crippen LogP contribution in [-0.4, -0.2) is 22.3 Å². The highest BCUT2D eigenvalue weighted by atomic mass is 35.5. The van der Waals surface area contributed by atoms with Crippen LogP contribution in [0.15, 0.2) is 89.5 Å². The molecule has 0 radical (unpaired) electrons. The van der Waals surface area contributed by atoms with E-state index in [9.17, 15) is 9.59 Å². The second kappa shape index (κ2) is 11.0. The molecule has 5 aromatic rings. The van der Waals surface area contributed by atoms with E-state index < -0.39 is 18.2 Å². The number of ether oxygens (including phenoxy) is 1. The van der Waals surface area contributed by atoms with Crippen LogP contribution in [0.2, 0.25) is 5.02 Å². The van der Waals surface area contributed by atoms with Crippen LogP contribution >= 0.6 is 11.6 Å². The van der Waals surface area contributed by atoms with Crippen LogP contribution in [-0.2, 0) is 16.0 Å². The first-order valence-corrected chi connectivity index (χ1v) is 12.7. The molecule has 0 aliphatic carbocycles. The maximum Gasteiger partial charge on any atom is 0.412 e. The minimum absolute atomic E-state index is 0.00271. The molecule has 0 spiro atoms. The zero-order valence-electron chi connectivity index (χ0n) is 21.3. The third kappa shape index (κ3) is 5.78. The largest absolute Gasteiger partial charge is 0.481 e. The van der Waals surface area contributed by atoms with Crippen LogP contribution < -0.4 is 5.32 Å². The van der Waals surface area contributed by atoms with Crippen LogP contribution in [0.4, 0.5) is 10.5 Å². The second-order valence-corrected chi connectivity index (χ2v) is 9.61. The van der Waals surface area contributed by atoms with E-state index in [1.54, 1.807) is 19.9 Å². The number of benzene rings is 4. The summed E-state index contributed by atoms with van der Waals surface area (Å²) in [4.78, 5) is 23.7. The van der Waals surface area contributed by atoms with E-state index in [4.69, 9.17) is 26.0 Å². The zero-order chi connectivity index (χ0) is 27.5. The molecule has 0 saturated heterocycles. The summed E-state index contributed by atoms with van der Waals surface area (Å²) in [5, 5.41) is 18.5. The minimum Gasteiger partial charge on any atom is -0.481 e. The van der Waals surface area contributed by atoms with Crippen LogP contribution in [0.3, 0.4) is 0 Å². The van der Waals surface area contributed by atoms with E-state index in [-0.39, 0.29) is 6.42 Å². The van der Waals surface area contributed by atoms with Crippen molar-refractivity contribution in [2.45, 2.75) is 26.4 Å². The number of aromatic nitrogens is 1. The Hall–Kier alpha value is -4.62. The Labute approximate surface area is 230 Å². The van der Waals surface area contributed by atoms with Crippen molar-refractivity contribution in [2.75, 3.05) is 5.32 Å². The number of hydrogen-bond acceptors (Lipinski definition) is 5. The van der Waals surface area contributed by atoms with Crippen molar-refractivity contribution in [2.24, 2.45) is 0 Å². The number of aliphatic carboxylic acids is 1. The van der Waals surface area contributed by atoms with Crippen molar-refractivity contribution < 1.29 is 24.0 Å². The van der Waals surface area contributed by atoms with Gasteiger partial charge >= 0.3 is 12.1 Å². The zero-order valence-corrected chi connectivity index (χ0v) is 22.0. The molecule has 8 heteroatoms. The molecule has 39 heavy (non-hydrogen) atoms. The van der Waals surface area contributed by atoms with Gasteiger partial charge in [0.15, 0.2) is 5.76 Å². The van der Waals surface area contributed by atoms with E-state index in [0.717, 1.165) is 33.0 Å². The predicted octanol–water partition coefficient (Wildman–Crippen LogP) is 8.06. The Balaban J connectivity index is 1.35. The molecule has 1 aromatic heterocycles. The van der Waals surface area contributed by atoms with Gasteiger partial charge in [-0.1, -0.05) is 83.5 Å². The van der Waals surface area contributed by atoms with Crippen LogP contribution in [0, 0.1) is 6.92 Å². The summed E-state index contributed by atoms with van der Waals surface area (Å²) in [7, 11) is 0. The molecule has 196 valence electrons. The molecule has 1 atom stereocenters. The molecule has 0 fully saturated rings. The van der Waals surface area contributed by atoms with Gasteiger partial charge in [-0.15, -0.1) is 0 Å². The quantitative estimate of drug-likeness (QED) is 0.216. The Morgan fingerprint density at radius 2 is 1.59 bits per heavy atom. The molecule has 5 rings (SSSR count). The number of hydrogen-bond donors (Lipinski definition) is 2. The Morgan fingerprint density at radius 3 is 2.28 bits per heavy atom. The summed E-state index contributed by atoms with van der Waals surface area (Å²) in [6, 6.07) is 26.7. The number of carboxylic acid groups (broad SMARTS) is 1. The maximum absolute atomic E-state index is 12.7. The van der Waals surface area contributed by atoms with Crippen molar-refractivity contribution in [3.05, 3.63) is 107 Å². The van der Waals surface area contributed by atoms with Gasteiger partial charge in [-0.25, -0.2) is 4.79 Å². The summed E-state index contributed by atoms with van der Waals surface area (Å²) in [5.41, 5.74) is 5.19. The number of carbonyl (C=O) groups excluding carboxylic acids is 1. The summed E-state index contributed by atoms with van der Waals surface area (Å²) >= 11 is 6.23. The van der Waals surface area contributed by atoms with Gasteiger partial charge in [0.25, 0.3) is 0 Å². The van der Waals surface area contributed by atoms with E-state index in [2.05, 4.69) is 16.5 Å². The van der Waals surface area contributed by atoms with Crippen molar-refractivity contribution in [1.82, 2.24) is 5.16 Å². The highest BCUT2D eigenvalue weighted by Crippen LogP contribution is 2.34. The number of rotatable bonds is 7. The minimum atomic E-state index is -0.853. The Morgan fingerprint density at radius 1 is 0.949 bits per heavy atom. The molecule has 1 heterocycles. The van der Waals surface area contributed by atoms with Gasteiger partial charge in [0.2, 0.25) is 0 Å². The highest BCUT2D eigenvalue weighted by molar-refractivity contribution is 6.31. The average molecular weight is 541 g/mol. The molecule has 0 aliphatic rings. The van der Waals surface area contributed by atoms with Crippen molar-refractivity contribution >= 4 is 40.1 Å². The molecular formula is C31H25ClN2O5. The maximum atomic E-state index is 12.7. The number of anilines is 1. The molecular weight excluding hydrogens is 516 g/mol. The number of halogens is 1. The van der Waals surface area contributed by atoms with E-state index in [1.165, 1.54) is 0 Å². The smallest absolute Gasteiger partial charge is 0.412 e. The van der Waals surface area contributed by atoms with Crippen LogP contribution in [0.25, 0.3) is 33.2 Å². The van der Waals surface area contributed by atoms with Crippen molar-refractivity contribution in [3.63, 3.8) is 0 Å². The van der Waals surface area contributed by atoms with Crippen LogP contribution in [0.1, 0.15) is 29.9 Å². The first kappa shape index (κ1) is 26.0. The Kier molecular flexibility index (Phi) is 7.34. The molecule has 0 saturated carbocycles. The second-order valence-electron chi connectivity index (χ2n) is 9.20. The predicted molar refractivity (Wildman–Crippen MR) is 151 cm³/mol. The molecule has 1 amide bonds. The monoisotopic (exact) mass is 540 g/mol. The topological polar surface area (TPSA) is 102 Å². The third-order valence-electron chi connectivity index (χ3n) is 6.47. The number of nitrogens with zero attached hydrogens (tertiary/aromatic N) is 1.